The molecule has 0 atom stereocenters. The second-order valence-corrected chi connectivity index (χ2v) is 6.98. The van der Waals surface area contributed by atoms with Gasteiger partial charge in [0, 0.05) is 12.2 Å². The highest BCUT2D eigenvalue weighted by atomic mass is 16.6. The van der Waals surface area contributed by atoms with Crippen LogP contribution in [-0.4, -0.2) is 31.4 Å². The number of benzene rings is 1. The second-order valence-electron chi connectivity index (χ2n) is 6.98. The minimum Gasteiger partial charge on any atom is -0.444 e. The number of nitrogens with one attached hydrogen (secondary N) is 2. The van der Waals surface area contributed by atoms with Crippen LogP contribution in [0.2, 0.25) is 0 Å². The highest BCUT2D eigenvalue weighted by molar-refractivity contribution is 5.84. The van der Waals surface area contributed by atoms with Crippen LogP contribution in [0, 0.1) is 5.92 Å². The predicted octanol–water partition coefficient (Wildman–Crippen LogP) is 3.80. The summed E-state index contributed by atoms with van der Waals surface area (Å²) in [4.78, 5) is 11.8. The molecule has 130 valence electrons. The Morgan fingerprint density at radius 2 is 2.00 bits per heavy atom. The monoisotopic (exact) mass is 322 g/mol. The maximum Gasteiger partial charge on any atom is 0.412 e. The van der Waals surface area contributed by atoms with Crippen LogP contribution in [0.3, 0.4) is 0 Å². The van der Waals surface area contributed by atoms with E-state index in [4.69, 9.17) is 9.47 Å². The molecule has 0 bridgehead atoms. The zero-order valence-corrected chi connectivity index (χ0v) is 14.9. The van der Waals surface area contributed by atoms with E-state index in [0.29, 0.717) is 24.8 Å². The van der Waals surface area contributed by atoms with Gasteiger partial charge in [0.2, 0.25) is 0 Å². The normalized spacial score (nSPS) is 11.6. The third-order valence-corrected chi connectivity index (χ3v) is 2.82. The maximum atomic E-state index is 11.8. The van der Waals surface area contributed by atoms with E-state index in [9.17, 15) is 4.79 Å². The fourth-order valence-corrected chi connectivity index (χ4v) is 1.89. The Morgan fingerprint density at radius 3 is 2.65 bits per heavy atom. The molecular formula is C18H30N2O3. The summed E-state index contributed by atoms with van der Waals surface area (Å²) in [6.45, 7) is 12.9. The molecule has 23 heavy (non-hydrogen) atoms. The predicted molar refractivity (Wildman–Crippen MR) is 93.7 cm³/mol. The molecule has 0 aliphatic rings. The van der Waals surface area contributed by atoms with Gasteiger partial charge in [-0.2, -0.15) is 0 Å². The van der Waals surface area contributed by atoms with Crippen molar-refractivity contribution in [3.8, 4) is 0 Å². The Bertz CT molecular complexity index is 481. The number of rotatable bonds is 8. The van der Waals surface area contributed by atoms with Gasteiger partial charge in [-0.1, -0.05) is 26.0 Å². The van der Waals surface area contributed by atoms with E-state index in [0.717, 1.165) is 18.7 Å². The summed E-state index contributed by atoms with van der Waals surface area (Å²) in [5.74, 6) is 0.644. The van der Waals surface area contributed by atoms with Gasteiger partial charge in [0.05, 0.1) is 13.2 Å². The number of hydrogen-bond acceptors (Lipinski definition) is 4. The third-order valence-electron chi connectivity index (χ3n) is 2.82. The molecule has 0 unspecified atom stereocenters. The summed E-state index contributed by atoms with van der Waals surface area (Å²) < 4.78 is 10.9. The van der Waals surface area contributed by atoms with Crippen molar-refractivity contribution < 1.29 is 14.3 Å². The fraction of sp³-hybridized carbons (Fsp3) is 0.611. The van der Waals surface area contributed by atoms with Gasteiger partial charge in [-0.05, 0) is 50.9 Å². The Labute approximate surface area is 139 Å². The first-order valence-electron chi connectivity index (χ1n) is 8.13. The maximum absolute atomic E-state index is 11.8. The van der Waals surface area contributed by atoms with Crippen LogP contribution >= 0.6 is 0 Å². The molecule has 0 radical (unpaired) electrons. The van der Waals surface area contributed by atoms with Gasteiger partial charge in [-0.25, -0.2) is 4.79 Å². The van der Waals surface area contributed by atoms with Crippen LogP contribution in [0.15, 0.2) is 24.3 Å². The fourth-order valence-electron chi connectivity index (χ4n) is 1.89. The molecule has 1 aromatic carbocycles. The molecule has 0 aliphatic heterocycles. The molecule has 0 aromatic heterocycles. The van der Waals surface area contributed by atoms with Crippen molar-refractivity contribution in [3.05, 3.63) is 29.8 Å². The van der Waals surface area contributed by atoms with Crippen LogP contribution in [0.25, 0.3) is 0 Å². The molecule has 1 rings (SSSR count). The smallest absolute Gasteiger partial charge is 0.412 e. The molecule has 0 spiro atoms. The van der Waals surface area contributed by atoms with E-state index < -0.39 is 11.7 Å². The first kappa shape index (κ1) is 19.5. The zero-order valence-electron chi connectivity index (χ0n) is 14.9. The largest absolute Gasteiger partial charge is 0.444 e. The van der Waals surface area contributed by atoms with E-state index in [2.05, 4.69) is 24.5 Å². The lowest BCUT2D eigenvalue weighted by Crippen LogP contribution is -2.27. The number of hydrogen-bond donors (Lipinski definition) is 2. The number of amides is 1. The number of anilines is 1. The number of carbonyl (C=O) groups excluding carboxylic acids is 1. The van der Waals surface area contributed by atoms with Crippen molar-refractivity contribution in [2.75, 3.05) is 25.0 Å². The van der Waals surface area contributed by atoms with Crippen molar-refractivity contribution >= 4 is 11.8 Å². The highest BCUT2D eigenvalue weighted by Gasteiger charge is 2.16. The first-order valence-corrected chi connectivity index (χ1v) is 8.13. The van der Waals surface area contributed by atoms with Crippen LogP contribution < -0.4 is 10.6 Å². The SMILES string of the molecule is CC(C)CNCCOCc1cccc(NC(=O)OC(C)(C)C)c1. The Kier molecular flexibility index (Phi) is 8.06. The van der Waals surface area contributed by atoms with E-state index in [1.807, 2.05) is 45.0 Å². The quantitative estimate of drug-likeness (QED) is 0.715. The second kappa shape index (κ2) is 9.53. The molecule has 0 saturated carbocycles. The van der Waals surface area contributed by atoms with Gasteiger partial charge in [0.1, 0.15) is 5.60 Å². The van der Waals surface area contributed by atoms with Gasteiger partial charge >= 0.3 is 6.09 Å². The lowest BCUT2D eigenvalue weighted by atomic mass is 10.2. The van der Waals surface area contributed by atoms with Gasteiger partial charge < -0.3 is 14.8 Å². The van der Waals surface area contributed by atoms with Crippen molar-refractivity contribution in [2.45, 2.75) is 46.8 Å². The standard InChI is InChI=1S/C18H30N2O3/c1-14(2)12-19-9-10-22-13-15-7-6-8-16(11-15)20-17(21)23-18(3,4)5/h6-8,11,14,19H,9-10,12-13H2,1-5H3,(H,20,21). The number of ether oxygens (including phenoxy) is 2. The lowest BCUT2D eigenvalue weighted by molar-refractivity contribution is 0.0636. The summed E-state index contributed by atoms with van der Waals surface area (Å²) in [7, 11) is 0. The van der Waals surface area contributed by atoms with E-state index in [-0.39, 0.29) is 0 Å². The van der Waals surface area contributed by atoms with Crippen molar-refractivity contribution in [3.63, 3.8) is 0 Å². The topological polar surface area (TPSA) is 59.6 Å². The first-order chi connectivity index (χ1) is 10.8. The van der Waals surface area contributed by atoms with Crippen LogP contribution in [-0.2, 0) is 16.1 Å². The van der Waals surface area contributed by atoms with E-state index in [1.54, 1.807) is 0 Å². The van der Waals surface area contributed by atoms with Gasteiger partial charge in [-0.3, -0.25) is 5.32 Å². The summed E-state index contributed by atoms with van der Waals surface area (Å²) >= 11 is 0. The van der Waals surface area contributed by atoms with Crippen molar-refractivity contribution in [2.24, 2.45) is 5.92 Å². The van der Waals surface area contributed by atoms with Crippen LogP contribution in [0.1, 0.15) is 40.2 Å². The lowest BCUT2D eigenvalue weighted by Gasteiger charge is -2.19. The molecular weight excluding hydrogens is 292 g/mol. The van der Waals surface area contributed by atoms with Gasteiger partial charge in [0.15, 0.2) is 0 Å². The Morgan fingerprint density at radius 1 is 1.26 bits per heavy atom. The average Bonchev–Trinajstić information content (AvgIpc) is 2.40. The average molecular weight is 322 g/mol. The molecule has 1 amide bonds. The van der Waals surface area contributed by atoms with Gasteiger partial charge in [-0.15, -0.1) is 0 Å². The third kappa shape index (κ3) is 9.92. The summed E-state index contributed by atoms with van der Waals surface area (Å²) in [6.07, 6.45) is -0.451. The van der Waals surface area contributed by atoms with E-state index >= 15 is 0 Å². The summed E-state index contributed by atoms with van der Waals surface area (Å²) in [5.41, 5.74) is 1.22. The molecule has 0 aliphatic carbocycles. The van der Waals surface area contributed by atoms with Crippen LogP contribution in [0.4, 0.5) is 10.5 Å². The van der Waals surface area contributed by atoms with Crippen LogP contribution in [0.5, 0.6) is 0 Å². The molecule has 2 N–H and O–H groups in total. The molecule has 5 heteroatoms. The van der Waals surface area contributed by atoms with E-state index in [1.165, 1.54) is 0 Å². The summed E-state index contributed by atoms with van der Waals surface area (Å²) in [5, 5.41) is 6.06. The highest BCUT2D eigenvalue weighted by Crippen LogP contribution is 2.14. The molecule has 0 saturated heterocycles. The Balaban J connectivity index is 2.34. The van der Waals surface area contributed by atoms with Crippen molar-refractivity contribution in [1.29, 1.82) is 0 Å². The van der Waals surface area contributed by atoms with Crippen molar-refractivity contribution in [1.82, 2.24) is 5.32 Å². The molecule has 5 nitrogen and oxygen atoms in total. The Hall–Kier alpha value is -1.59. The minimum absolute atomic E-state index is 0.451. The summed E-state index contributed by atoms with van der Waals surface area (Å²) in [6, 6.07) is 7.59. The minimum atomic E-state index is -0.506. The molecule has 0 fully saturated rings. The number of carbonyl (C=O) groups is 1. The van der Waals surface area contributed by atoms with Gasteiger partial charge in [0.25, 0.3) is 0 Å². The zero-order chi connectivity index (χ0) is 17.3. The molecule has 0 heterocycles. The molecule has 1 aromatic rings.